The van der Waals surface area contributed by atoms with Gasteiger partial charge in [0.2, 0.25) is 0 Å². The summed E-state index contributed by atoms with van der Waals surface area (Å²) < 4.78 is 5.12. The molecule has 0 saturated carbocycles. The second-order valence-corrected chi connectivity index (χ2v) is 6.68. The van der Waals surface area contributed by atoms with E-state index in [2.05, 4.69) is 18.9 Å². The molecule has 5 heteroatoms. The van der Waals surface area contributed by atoms with Crippen molar-refractivity contribution in [1.29, 1.82) is 0 Å². The average molecular weight is 334 g/mol. The van der Waals surface area contributed by atoms with Crippen LogP contribution in [-0.2, 0) is 11.2 Å². The number of rotatable bonds is 8. The summed E-state index contributed by atoms with van der Waals surface area (Å²) in [6.07, 6.45) is 0.850. The van der Waals surface area contributed by atoms with E-state index in [4.69, 9.17) is 4.74 Å². The van der Waals surface area contributed by atoms with Gasteiger partial charge in [0.25, 0.3) is 5.91 Å². The van der Waals surface area contributed by atoms with Crippen molar-refractivity contribution >= 4 is 5.91 Å². The number of aryl methyl sites for hydroxylation is 1. The van der Waals surface area contributed by atoms with Crippen LogP contribution in [0.1, 0.15) is 22.8 Å². The summed E-state index contributed by atoms with van der Waals surface area (Å²) in [7, 11) is 3.76. The van der Waals surface area contributed by atoms with Gasteiger partial charge in [-0.05, 0) is 31.0 Å². The molecule has 24 heavy (non-hydrogen) atoms. The zero-order valence-corrected chi connectivity index (χ0v) is 15.1. The quantitative estimate of drug-likeness (QED) is 0.783. The minimum Gasteiger partial charge on any atom is -0.396 e. The summed E-state index contributed by atoms with van der Waals surface area (Å²) in [6, 6.07) is 7.82. The molecular weight excluding hydrogens is 304 g/mol. The topological polar surface area (TPSA) is 53.0 Å². The number of methoxy groups -OCH3 is 1. The molecule has 0 aromatic heterocycles. The summed E-state index contributed by atoms with van der Waals surface area (Å²) in [6.45, 7) is 5.96. The molecule has 2 rings (SSSR count). The monoisotopic (exact) mass is 334 g/mol. The highest BCUT2D eigenvalue weighted by Gasteiger charge is 2.35. The number of amides is 1. The highest BCUT2D eigenvalue weighted by atomic mass is 16.5. The van der Waals surface area contributed by atoms with Crippen LogP contribution in [0, 0.1) is 11.8 Å². The Morgan fingerprint density at radius 1 is 1.33 bits per heavy atom. The van der Waals surface area contributed by atoms with Crippen molar-refractivity contribution in [2.24, 2.45) is 11.8 Å². The first-order chi connectivity index (χ1) is 11.6. The lowest BCUT2D eigenvalue weighted by Crippen LogP contribution is -2.34. The molecule has 0 unspecified atom stereocenters. The maximum atomic E-state index is 12.9. The van der Waals surface area contributed by atoms with Crippen LogP contribution in [0.2, 0.25) is 0 Å². The van der Waals surface area contributed by atoms with Crippen molar-refractivity contribution < 1.29 is 14.6 Å². The van der Waals surface area contributed by atoms with Crippen molar-refractivity contribution in [3.05, 3.63) is 35.4 Å². The molecule has 1 aromatic carbocycles. The predicted molar refractivity (Wildman–Crippen MR) is 95.2 cm³/mol. The van der Waals surface area contributed by atoms with Gasteiger partial charge in [-0.25, -0.2) is 0 Å². The van der Waals surface area contributed by atoms with E-state index in [9.17, 15) is 9.90 Å². The van der Waals surface area contributed by atoms with E-state index in [1.807, 2.05) is 29.2 Å². The molecule has 134 valence electrons. The number of likely N-dealkylation sites (N-methyl/N-ethyl adjacent to an activating group) is 1. The van der Waals surface area contributed by atoms with Gasteiger partial charge in [0.15, 0.2) is 0 Å². The Hall–Kier alpha value is -1.43. The minimum atomic E-state index is 0.0907. The number of hydrogen-bond acceptors (Lipinski definition) is 4. The van der Waals surface area contributed by atoms with Crippen LogP contribution in [0.3, 0.4) is 0 Å². The number of carbonyl (C=O) groups excluding carboxylic acids is 1. The molecule has 1 saturated heterocycles. The fourth-order valence-corrected chi connectivity index (χ4v) is 3.46. The van der Waals surface area contributed by atoms with Crippen LogP contribution < -0.4 is 0 Å². The largest absolute Gasteiger partial charge is 0.396 e. The van der Waals surface area contributed by atoms with Crippen molar-refractivity contribution in [2.75, 3.05) is 53.6 Å². The summed E-state index contributed by atoms with van der Waals surface area (Å²) >= 11 is 0. The molecule has 1 N–H and O–H groups in total. The van der Waals surface area contributed by atoms with E-state index in [1.54, 1.807) is 7.11 Å². The van der Waals surface area contributed by atoms with Gasteiger partial charge in [0, 0.05) is 51.4 Å². The third kappa shape index (κ3) is 4.56. The third-order valence-corrected chi connectivity index (χ3v) is 4.95. The van der Waals surface area contributed by atoms with Gasteiger partial charge in [0.05, 0.1) is 6.61 Å². The number of nitrogens with zero attached hydrogens (tertiary/aromatic N) is 2. The van der Waals surface area contributed by atoms with Crippen LogP contribution in [0.15, 0.2) is 24.3 Å². The van der Waals surface area contributed by atoms with Crippen molar-refractivity contribution in [3.8, 4) is 0 Å². The summed E-state index contributed by atoms with van der Waals surface area (Å²) in [5.41, 5.74) is 1.88. The van der Waals surface area contributed by atoms with E-state index in [1.165, 1.54) is 0 Å². The van der Waals surface area contributed by atoms with Crippen LogP contribution >= 0.6 is 0 Å². The van der Waals surface area contributed by atoms with Crippen LogP contribution in [0.5, 0.6) is 0 Å². The number of benzene rings is 1. The first-order valence-electron chi connectivity index (χ1n) is 8.76. The molecule has 1 aliphatic rings. The van der Waals surface area contributed by atoms with E-state index in [-0.39, 0.29) is 18.4 Å². The molecular formula is C19H30N2O3. The highest BCUT2D eigenvalue weighted by molar-refractivity contribution is 5.95. The smallest absolute Gasteiger partial charge is 0.254 e. The molecule has 1 aliphatic heterocycles. The van der Waals surface area contributed by atoms with Crippen molar-refractivity contribution in [2.45, 2.75) is 13.3 Å². The molecule has 1 aromatic rings. The number of carbonyl (C=O) groups is 1. The average Bonchev–Trinajstić information content (AvgIpc) is 3.02. The van der Waals surface area contributed by atoms with E-state index in [0.29, 0.717) is 25.6 Å². The van der Waals surface area contributed by atoms with E-state index in [0.717, 1.165) is 30.6 Å². The van der Waals surface area contributed by atoms with Crippen molar-refractivity contribution in [1.82, 2.24) is 9.80 Å². The fraction of sp³-hybridized carbons (Fsp3) is 0.632. The number of aliphatic hydroxyl groups is 1. The van der Waals surface area contributed by atoms with Gasteiger partial charge in [-0.1, -0.05) is 25.1 Å². The van der Waals surface area contributed by atoms with Gasteiger partial charge in [-0.2, -0.15) is 0 Å². The zero-order valence-electron chi connectivity index (χ0n) is 15.1. The Labute approximate surface area is 145 Å². The Balaban J connectivity index is 2.03. The molecule has 2 atom stereocenters. The molecule has 0 bridgehead atoms. The van der Waals surface area contributed by atoms with Crippen molar-refractivity contribution in [3.63, 3.8) is 0 Å². The highest BCUT2D eigenvalue weighted by Crippen LogP contribution is 2.26. The lowest BCUT2D eigenvalue weighted by Gasteiger charge is -2.23. The summed E-state index contributed by atoms with van der Waals surface area (Å²) in [5.74, 6) is 0.537. The SMILES string of the molecule is CCc1ccccc1C(=O)N1C[C@@H](CN(C)CCOC)[C@@H](CO)C1. The third-order valence-electron chi connectivity index (χ3n) is 4.95. The van der Waals surface area contributed by atoms with Gasteiger partial charge >= 0.3 is 0 Å². The second-order valence-electron chi connectivity index (χ2n) is 6.68. The molecule has 0 spiro atoms. The van der Waals surface area contributed by atoms with E-state index < -0.39 is 0 Å². The number of hydrogen-bond donors (Lipinski definition) is 1. The van der Waals surface area contributed by atoms with Crippen LogP contribution in [0.4, 0.5) is 0 Å². The Morgan fingerprint density at radius 3 is 2.71 bits per heavy atom. The Bertz CT molecular complexity index is 535. The minimum absolute atomic E-state index is 0.0907. The fourth-order valence-electron chi connectivity index (χ4n) is 3.46. The van der Waals surface area contributed by atoms with Crippen LogP contribution in [-0.4, -0.2) is 74.4 Å². The maximum Gasteiger partial charge on any atom is 0.254 e. The van der Waals surface area contributed by atoms with Gasteiger partial charge < -0.3 is 19.6 Å². The molecule has 1 amide bonds. The first kappa shape index (κ1) is 18.9. The normalized spacial score (nSPS) is 20.8. The lowest BCUT2D eigenvalue weighted by molar-refractivity contribution is 0.0777. The summed E-state index contributed by atoms with van der Waals surface area (Å²) in [5, 5.41) is 9.72. The molecule has 5 nitrogen and oxygen atoms in total. The Morgan fingerprint density at radius 2 is 2.04 bits per heavy atom. The van der Waals surface area contributed by atoms with Gasteiger partial charge in [-0.3, -0.25) is 4.79 Å². The van der Waals surface area contributed by atoms with Gasteiger partial charge in [0.1, 0.15) is 0 Å². The summed E-state index contributed by atoms with van der Waals surface area (Å²) in [4.78, 5) is 17.0. The Kier molecular flexibility index (Phi) is 7.21. The molecule has 0 radical (unpaired) electrons. The zero-order chi connectivity index (χ0) is 17.5. The predicted octanol–water partition coefficient (Wildman–Crippen LogP) is 1.51. The lowest BCUT2D eigenvalue weighted by atomic mass is 9.96. The van der Waals surface area contributed by atoms with E-state index >= 15 is 0 Å². The maximum absolute atomic E-state index is 12.9. The number of ether oxygens (including phenoxy) is 1. The second kappa shape index (κ2) is 9.16. The molecule has 0 aliphatic carbocycles. The molecule has 1 fully saturated rings. The van der Waals surface area contributed by atoms with Crippen LogP contribution in [0.25, 0.3) is 0 Å². The number of aliphatic hydroxyl groups excluding tert-OH is 1. The molecule has 1 heterocycles. The standard InChI is InChI=1S/C19H30N2O3/c1-4-15-7-5-6-8-18(15)19(23)21-12-16(17(13-21)14-22)11-20(2)9-10-24-3/h5-8,16-17,22H,4,9-14H2,1-3H3/t16-,17-/m1/s1. The number of likely N-dealkylation sites (tertiary alicyclic amines) is 1. The van der Waals surface area contributed by atoms with Gasteiger partial charge in [-0.15, -0.1) is 0 Å². The first-order valence-corrected chi connectivity index (χ1v) is 8.76.